The fourth-order valence-corrected chi connectivity index (χ4v) is 2.28. The van der Waals surface area contributed by atoms with Gasteiger partial charge in [-0.1, -0.05) is 5.11 Å². The molecule has 0 aliphatic rings. The second-order valence-electron chi connectivity index (χ2n) is 5.03. The summed E-state index contributed by atoms with van der Waals surface area (Å²) in [7, 11) is 9.16. The summed E-state index contributed by atoms with van der Waals surface area (Å²) in [6.07, 6.45) is 0. The van der Waals surface area contributed by atoms with Gasteiger partial charge in [-0.15, -0.1) is 0 Å². The lowest BCUT2D eigenvalue weighted by Crippen LogP contribution is -1.96. The maximum atomic E-state index is 8.32. The zero-order valence-electron chi connectivity index (χ0n) is 16.7. The largest absolute Gasteiger partial charge is 0.493 e. The van der Waals surface area contributed by atoms with Crippen LogP contribution in [0.1, 0.15) is 0 Å². The normalized spacial score (nSPS) is 9.21. The molecule has 2 N–H and O–H groups in total. The second-order valence-corrected chi connectivity index (χ2v) is 5.03. The Morgan fingerprint density at radius 1 is 0.679 bits per heavy atom. The van der Waals surface area contributed by atoms with Crippen molar-refractivity contribution in [1.29, 1.82) is 0 Å². The highest BCUT2D eigenvalue weighted by Gasteiger charge is 2.12. The van der Waals surface area contributed by atoms with Crippen molar-refractivity contribution >= 4 is 11.4 Å². The maximum absolute atomic E-state index is 8.32. The van der Waals surface area contributed by atoms with E-state index in [0.717, 1.165) is 0 Å². The van der Waals surface area contributed by atoms with Gasteiger partial charge in [-0.25, -0.2) is 0 Å². The summed E-state index contributed by atoms with van der Waals surface area (Å²) in [4.78, 5) is 2.69. The fraction of sp³-hybridized carbons (Fsp3) is 0.333. The van der Waals surface area contributed by atoms with Crippen LogP contribution in [0.2, 0.25) is 0 Å². The molecule has 0 amide bonds. The lowest BCUT2D eigenvalue weighted by Gasteiger charge is -2.12. The van der Waals surface area contributed by atoms with Crippen LogP contribution in [0.4, 0.5) is 11.4 Å². The molecule has 2 aromatic carbocycles. The Morgan fingerprint density at radius 2 is 1.04 bits per heavy atom. The van der Waals surface area contributed by atoms with Crippen molar-refractivity contribution in [1.82, 2.24) is 0 Å². The molecule has 0 spiro atoms. The predicted octanol–water partition coefficient (Wildman–Crippen LogP) is 3.95. The van der Waals surface area contributed by atoms with Crippen molar-refractivity contribution in [3.63, 3.8) is 0 Å². The first-order chi connectivity index (χ1) is 13.5. The maximum Gasteiger partial charge on any atom is 0.203 e. The third kappa shape index (κ3) is 5.42. The van der Waals surface area contributed by atoms with Crippen molar-refractivity contribution in [2.75, 3.05) is 48.4 Å². The van der Waals surface area contributed by atoms with Crippen LogP contribution in [-0.2, 0) is 0 Å². The molecule has 0 saturated carbocycles. The number of ether oxygens (including phenoxy) is 6. The van der Waals surface area contributed by atoms with E-state index in [0.29, 0.717) is 45.9 Å². The number of rotatable bonds is 7. The SMILES string of the molecule is COc1cc(N)cc(OC)c1OC.COc1cc(N=[N+]=[N-])cc(OC)c1OC. The number of hydrogen-bond donors (Lipinski definition) is 1. The molecule has 0 aliphatic carbocycles. The van der Waals surface area contributed by atoms with Crippen molar-refractivity contribution in [2.45, 2.75) is 0 Å². The molecule has 0 aromatic heterocycles. The highest BCUT2D eigenvalue weighted by molar-refractivity contribution is 5.61. The molecule has 0 unspecified atom stereocenters. The number of benzene rings is 2. The Balaban J connectivity index is 0.000000283. The van der Waals surface area contributed by atoms with Crippen molar-refractivity contribution in [3.05, 3.63) is 34.7 Å². The summed E-state index contributed by atoms with van der Waals surface area (Å²) in [5, 5.41) is 3.46. The predicted molar refractivity (Wildman–Crippen MR) is 105 cm³/mol. The minimum absolute atomic E-state index is 0.409. The topological polar surface area (TPSA) is 130 Å². The number of nitrogens with zero attached hydrogens (tertiary/aromatic N) is 3. The molecule has 0 radical (unpaired) electrons. The van der Waals surface area contributed by atoms with Crippen molar-refractivity contribution in [3.8, 4) is 34.5 Å². The Bertz CT molecular complexity index is 787. The van der Waals surface area contributed by atoms with Gasteiger partial charge in [0.25, 0.3) is 0 Å². The van der Waals surface area contributed by atoms with Crippen LogP contribution in [0, 0.1) is 0 Å². The zero-order valence-corrected chi connectivity index (χ0v) is 16.7. The number of nitrogens with two attached hydrogens (primary N) is 1. The molecule has 0 fully saturated rings. The summed E-state index contributed by atoms with van der Waals surface area (Å²) >= 11 is 0. The Kier molecular flexibility index (Phi) is 8.91. The molecular weight excluding hydrogens is 368 g/mol. The van der Waals surface area contributed by atoms with Gasteiger partial charge in [-0.3, -0.25) is 0 Å². The van der Waals surface area contributed by atoms with E-state index < -0.39 is 0 Å². The van der Waals surface area contributed by atoms with Crippen LogP contribution < -0.4 is 34.2 Å². The lowest BCUT2D eigenvalue weighted by molar-refractivity contribution is 0.324. The van der Waals surface area contributed by atoms with Crippen molar-refractivity contribution in [2.24, 2.45) is 5.11 Å². The molecule has 0 heterocycles. The van der Waals surface area contributed by atoms with Gasteiger partial charge in [0.05, 0.1) is 42.7 Å². The van der Waals surface area contributed by atoms with E-state index in [1.807, 2.05) is 0 Å². The van der Waals surface area contributed by atoms with Gasteiger partial charge in [0.2, 0.25) is 11.5 Å². The van der Waals surface area contributed by atoms with E-state index in [-0.39, 0.29) is 0 Å². The Morgan fingerprint density at radius 3 is 1.32 bits per heavy atom. The number of nitrogen functional groups attached to an aromatic ring is 1. The summed E-state index contributed by atoms with van der Waals surface area (Å²) in [6.45, 7) is 0. The van der Waals surface area contributed by atoms with E-state index >= 15 is 0 Å². The molecule has 0 saturated heterocycles. The molecular formula is C18H24N4O6. The quantitative estimate of drug-likeness (QED) is 0.327. The molecule has 28 heavy (non-hydrogen) atoms. The lowest BCUT2D eigenvalue weighted by atomic mass is 10.2. The summed E-state index contributed by atoms with van der Waals surface area (Å²) in [6, 6.07) is 6.50. The average molecular weight is 392 g/mol. The van der Waals surface area contributed by atoms with Gasteiger partial charge >= 0.3 is 0 Å². The third-order valence-electron chi connectivity index (χ3n) is 3.50. The van der Waals surface area contributed by atoms with Crippen LogP contribution in [0.3, 0.4) is 0 Å². The van der Waals surface area contributed by atoms with Crippen LogP contribution in [-0.4, -0.2) is 42.7 Å². The van der Waals surface area contributed by atoms with Gasteiger partial charge in [0.15, 0.2) is 23.0 Å². The highest BCUT2D eigenvalue weighted by atomic mass is 16.5. The number of hydrogen-bond acceptors (Lipinski definition) is 8. The van der Waals surface area contributed by atoms with Crippen LogP contribution in [0.25, 0.3) is 10.4 Å². The molecule has 0 atom stereocenters. The Labute approximate surface area is 163 Å². The van der Waals surface area contributed by atoms with Crippen LogP contribution >= 0.6 is 0 Å². The molecule has 2 aromatic rings. The van der Waals surface area contributed by atoms with Gasteiger partial charge in [0, 0.05) is 28.4 Å². The van der Waals surface area contributed by atoms with Crippen molar-refractivity contribution < 1.29 is 28.4 Å². The van der Waals surface area contributed by atoms with Gasteiger partial charge in [-0.05, 0) is 17.7 Å². The number of methoxy groups -OCH3 is 6. The summed E-state index contributed by atoms with van der Waals surface area (Å²) in [5.74, 6) is 3.08. The number of anilines is 1. The van der Waals surface area contributed by atoms with E-state index in [9.17, 15) is 0 Å². The van der Waals surface area contributed by atoms with E-state index in [1.54, 1.807) is 45.6 Å². The molecule has 0 aliphatic heterocycles. The van der Waals surface area contributed by atoms with Gasteiger partial charge in [0.1, 0.15) is 0 Å². The molecule has 152 valence electrons. The molecule has 0 bridgehead atoms. The average Bonchev–Trinajstić information content (AvgIpc) is 2.72. The zero-order chi connectivity index (χ0) is 21.1. The van der Waals surface area contributed by atoms with Gasteiger partial charge < -0.3 is 34.2 Å². The molecule has 10 heteroatoms. The first-order valence-corrected chi connectivity index (χ1v) is 7.90. The molecule has 10 nitrogen and oxygen atoms in total. The first kappa shape index (κ1) is 22.4. The monoisotopic (exact) mass is 392 g/mol. The first-order valence-electron chi connectivity index (χ1n) is 7.90. The molecule has 2 rings (SSSR count). The van der Waals surface area contributed by atoms with E-state index in [4.69, 9.17) is 39.7 Å². The van der Waals surface area contributed by atoms with E-state index in [2.05, 4.69) is 10.0 Å². The smallest absolute Gasteiger partial charge is 0.203 e. The second kappa shape index (κ2) is 11.1. The minimum Gasteiger partial charge on any atom is -0.493 e. The van der Waals surface area contributed by atoms with Crippen LogP contribution in [0.15, 0.2) is 29.4 Å². The fourth-order valence-electron chi connectivity index (χ4n) is 2.28. The summed E-state index contributed by atoms with van der Waals surface area (Å²) < 4.78 is 30.5. The summed E-state index contributed by atoms with van der Waals surface area (Å²) in [5.41, 5.74) is 14.9. The van der Waals surface area contributed by atoms with Gasteiger partial charge in [-0.2, -0.15) is 0 Å². The van der Waals surface area contributed by atoms with E-state index in [1.165, 1.54) is 21.3 Å². The Hall–Kier alpha value is -3.65. The third-order valence-corrected chi connectivity index (χ3v) is 3.50. The van der Waals surface area contributed by atoms with Crippen LogP contribution in [0.5, 0.6) is 34.5 Å². The minimum atomic E-state index is 0.409. The highest BCUT2D eigenvalue weighted by Crippen LogP contribution is 2.41. The standard InChI is InChI=1S/C9H11N3O3.C9H13NO3/c1-13-7-4-6(11-12-10)5-8(14-2)9(7)15-3;1-11-7-4-6(10)5-8(12-2)9(7)13-3/h4-5H,1-3H3;4-5H,10H2,1-3H3. The number of azide groups is 1.